The minimum absolute atomic E-state index is 0.0669. The maximum atomic E-state index is 13.3. The van der Waals surface area contributed by atoms with Crippen molar-refractivity contribution in [1.82, 2.24) is 15.2 Å². The molecule has 2 fully saturated rings. The molecule has 1 aromatic heterocycles. The van der Waals surface area contributed by atoms with Crippen molar-refractivity contribution in [2.45, 2.75) is 43.8 Å². The molecule has 3 heterocycles. The second kappa shape index (κ2) is 6.99. The van der Waals surface area contributed by atoms with E-state index in [4.69, 9.17) is 0 Å². The van der Waals surface area contributed by atoms with E-state index in [1.165, 1.54) is 38.8 Å². The molecule has 0 aliphatic carbocycles. The van der Waals surface area contributed by atoms with Crippen LogP contribution in [0.4, 0.5) is 4.39 Å². The number of benzene rings is 1. The van der Waals surface area contributed by atoms with E-state index in [1.807, 2.05) is 24.4 Å². The number of hydrogen-bond donors (Lipinski definition) is 1. The van der Waals surface area contributed by atoms with Crippen LogP contribution in [0.3, 0.4) is 0 Å². The standard InChI is InChI=1S/C20H24FN3/c21-17-7-5-15(6-8-17)20(16-3-1-10-22-14-16)23-18-9-12-24-11-2-4-19(24)13-18/h1,3,5-8,10,14,18-20,23H,2,4,9,11-13H2/t18-,19-,20+/m1/s1. The molecule has 0 amide bonds. The summed E-state index contributed by atoms with van der Waals surface area (Å²) in [6, 6.07) is 12.2. The summed E-state index contributed by atoms with van der Waals surface area (Å²) in [7, 11) is 0. The monoisotopic (exact) mass is 325 g/mol. The maximum Gasteiger partial charge on any atom is 0.123 e. The lowest BCUT2D eigenvalue weighted by molar-refractivity contribution is 0.163. The molecule has 2 saturated heterocycles. The van der Waals surface area contributed by atoms with Gasteiger partial charge in [-0.15, -0.1) is 0 Å². The van der Waals surface area contributed by atoms with Crippen LogP contribution in [-0.2, 0) is 0 Å². The topological polar surface area (TPSA) is 28.2 Å². The van der Waals surface area contributed by atoms with E-state index >= 15 is 0 Å². The van der Waals surface area contributed by atoms with E-state index in [1.54, 1.807) is 18.3 Å². The Balaban J connectivity index is 1.55. The lowest BCUT2D eigenvalue weighted by atomic mass is 9.93. The predicted octanol–water partition coefficient (Wildman–Crippen LogP) is 3.53. The van der Waals surface area contributed by atoms with Crippen LogP contribution >= 0.6 is 0 Å². The fourth-order valence-electron chi connectivity index (χ4n) is 4.20. The van der Waals surface area contributed by atoms with Crippen molar-refractivity contribution >= 4 is 0 Å². The summed E-state index contributed by atoms with van der Waals surface area (Å²) in [5, 5.41) is 3.83. The summed E-state index contributed by atoms with van der Waals surface area (Å²) in [6.45, 7) is 2.45. The van der Waals surface area contributed by atoms with Crippen molar-refractivity contribution < 1.29 is 4.39 Å². The van der Waals surface area contributed by atoms with Crippen LogP contribution in [0.5, 0.6) is 0 Å². The third-order valence-electron chi connectivity index (χ3n) is 5.44. The summed E-state index contributed by atoms with van der Waals surface area (Å²) in [5.41, 5.74) is 2.23. The number of piperidine rings is 1. The lowest BCUT2D eigenvalue weighted by Gasteiger charge is -2.37. The van der Waals surface area contributed by atoms with Gasteiger partial charge < -0.3 is 10.2 Å². The van der Waals surface area contributed by atoms with Crippen LogP contribution in [0.1, 0.15) is 42.9 Å². The van der Waals surface area contributed by atoms with E-state index in [0.717, 1.165) is 17.2 Å². The molecule has 0 bridgehead atoms. The molecule has 1 aromatic carbocycles. The molecule has 3 nitrogen and oxygen atoms in total. The fourth-order valence-corrected chi connectivity index (χ4v) is 4.20. The van der Waals surface area contributed by atoms with E-state index in [9.17, 15) is 4.39 Å². The van der Waals surface area contributed by atoms with Crippen LogP contribution in [0.2, 0.25) is 0 Å². The van der Waals surface area contributed by atoms with Gasteiger partial charge in [-0.25, -0.2) is 4.39 Å². The van der Waals surface area contributed by atoms with Gasteiger partial charge in [0.15, 0.2) is 0 Å². The molecule has 126 valence electrons. The Kier molecular flexibility index (Phi) is 4.58. The quantitative estimate of drug-likeness (QED) is 0.932. The van der Waals surface area contributed by atoms with Crippen LogP contribution < -0.4 is 5.32 Å². The summed E-state index contributed by atoms with van der Waals surface area (Å²) >= 11 is 0. The van der Waals surface area contributed by atoms with Crippen LogP contribution in [0, 0.1) is 5.82 Å². The van der Waals surface area contributed by atoms with Crippen molar-refractivity contribution in [3.05, 3.63) is 65.7 Å². The first kappa shape index (κ1) is 15.7. The Labute approximate surface area is 142 Å². The first-order valence-electron chi connectivity index (χ1n) is 8.95. The van der Waals surface area contributed by atoms with E-state index < -0.39 is 0 Å². The number of fused-ring (bicyclic) bond motifs is 1. The predicted molar refractivity (Wildman–Crippen MR) is 93.2 cm³/mol. The van der Waals surface area contributed by atoms with E-state index in [0.29, 0.717) is 6.04 Å². The summed E-state index contributed by atoms with van der Waals surface area (Å²) in [6.07, 6.45) is 8.74. The van der Waals surface area contributed by atoms with Gasteiger partial charge >= 0.3 is 0 Å². The SMILES string of the molecule is Fc1ccc([C@H](N[C@@H]2CCN3CCC[C@@H]3C2)c2cccnc2)cc1. The Morgan fingerprint density at radius 3 is 2.75 bits per heavy atom. The van der Waals surface area contributed by atoms with Gasteiger partial charge in [-0.2, -0.15) is 0 Å². The van der Waals surface area contributed by atoms with Crippen LogP contribution in [-0.4, -0.2) is 35.1 Å². The number of aromatic nitrogens is 1. The number of hydrogen-bond acceptors (Lipinski definition) is 3. The average Bonchev–Trinajstić information content (AvgIpc) is 3.09. The van der Waals surface area contributed by atoms with Gasteiger partial charge in [0.25, 0.3) is 0 Å². The van der Waals surface area contributed by atoms with Crippen LogP contribution in [0.15, 0.2) is 48.8 Å². The number of halogens is 1. The highest BCUT2D eigenvalue weighted by molar-refractivity contribution is 5.30. The molecule has 0 spiro atoms. The van der Waals surface area contributed by atoms with Crippen molar-refractivity contribution in [1.29, 1.82) is 0 Å². The van der Waals surface area contributed by atoms with Gasteiger partial charge in [0.1, 0.15) is 5.82 Å². The molecule has 0 saturated carbocycles. The summed E-state index contributed by atoms with van der Waals surface area (Å²) in [4.78, 5) is 6.91. The number of pyridine rings is 1. The molecule has 2 aliphatic rings. The maximum absolute atomic E-state index is 13.3. The Hall–Kier alpha value is -1.78. The van der Waals surface area contributed by atoms with Gasteiger partial charge in [0, 0.05) is 24.5 Å². The van der Waals surface area contributed by atoms with Gasteiger partial charge in [-0.1, -0.05) is 18.2 Å². The van der Waals surface area contributed by atoms with Gasteiger partial charge in [-0.3, -0.25) is 4.98 Å². The first-order valence-corrected chi connectivity index (χ1v) is 8.95. The molecule has 0 radical (unpaired) electrons. The van der Waals surface area contributed by atoms with Crippen molar-refractivity contribution in [3.63, 3.8) is 0 Å². The van der Waals surface area contributed by atoms with Crippen molar-refractivity contribution in [2.75, 3.05) is 13.1 Å². The highest BCUT2D eigenvalue weighted by Gasteiger charge is 2.32. The zero-order valence-corrected chi connectivity index (χ0v) is 13.9. The number of rotatable bonds is 4. The molecular weight excluding hydrogens is 301 g/mol. The molecule has 2 aromatic rings. The highest BCUT2D eigenvalue weighted by atomic mass is 19.1. The second-order valence-corrected chi connectivity index (χ2v) is 6.99. The van der Waals surface area contributed by atoms with Gasteiger partial charge in [0.05, 0.1) is 6.04 Å². The van der Waals surface area contributed by atoms with E-state index in [2.05, 4.69) is 21.3 Å². The fraction of sp³-hybridized carbons (Fsp3) is 0.450. The van der Waals surface area contributed by atoms with Crippen LogP contribution in [0.25, 0.3) is 0 Å². The zero-order valence-electron chi connectivity index (χ0n) is 13.9. The molecule has 4 heteroatoms. The van der Waals surface area contributed by atoms with Gasteiger partial charge in [0.2, 0.25) is 0 Å². The second-order valence-electron chi connectivity index (χ2n) is 6.99. The summed E-state index contributed by atoms with van der Waals surface area (Å²) in [5.74, 6) is -0.192. The average molecular weight is 325 g/mol. The normalized spacial score (nSPS) is 25.4. The smallest absolute Gasteiger partial charge is 0.123 e. The molecule has 2 aliphatic heterocycles. The Morgan fingerprint density at radius 1 is 1.08 bits per heavy atom. The Morgan fingerprint density at radius 2 is 1.96 bits per heavy atom. The zero-order chi connectivity index (χ0) is 16.4. The number of nitrogens with one attached hydrogen (secondary N) is 1. The van der Waals surface area contributed by atoms with Crippen molar-refractivity contribution in [2.24, 2.45) is 0 Å². The lowest BCUT2D eigenvalue weighted by Crippen LogP contribution is -2.46. The number of nitrogens with zero attached hydrogens (tertiary/aromatic N) is 2. The molecule has 1 N–H and O–H groups in total. The third-order valence-corrected chi connectivity index (χ3v) is 5.44. The molecule has 3 atom stereocenters. The molecule has 0 unspecified atom stereocenters. The first-order chi connectivity index (χ1) is 11.8. The molecule has 4 rings (SSSR count). The van der Waals surface area contributed by atoms with Gasteiger partial charge in [-0.05, 0) is 68.1 Å². The Bertz CT molecular complexity index is 658. The summed E-state index contributed by atoms with van der Waals surface area (Å²) < 4.78 is 13.3. The van der Waals surface area contributed by atoms with Crippen molar-refractivity contribution in [3.8, 4) is 0 Å². The minimum atomic E-state index is -0.192. The molecular formula is C20H24FN3. The highest BCUT2D eigenvalue weighted by Crippen LogP contribution is 2.30. The van der Waals surface area contributed by atoms with E-state index in [-0.39, 0.29) is 11.9 Å². The minimum Gasteiger partial charge on any atom is -0.303 e. The third kappa shape index (κ3) is 3.35. The molecule has 24 heavy (non-hydrogen) atoms. The largest absolute Gasteiger partial charge is 0.303 e.